The summed E-state index contributed by atoms with van der Waals surface area (Å²) in [5.41, 5.74) is -1.75. The Hall–Kier alpha value is -2.46. The van der Waals surface area contributed by atoms with E-state index < -0.39 is 19.9 Å². The Morgan fingerprint density at radius 3 is 1.90 bits per heavy atom. The second-order valence-electron chi connectivity index (χ2n) is 8.19. The lowest BCUT2D eigenvalue weighted by Gasteiger charge is -2.44. The number of rotatable bonds is 8. The third kappa shape index (κ3) is 5.33. The van der Waals surface area contributed by atoms with Gasteiger partial charge in [0.05, 0.1) is 19.3 Å². The van der Waals surface area contributed by atoms with E-state index in [9.17, 15) is 15.2 Å². The standard InChI is InChI=1S/C23H29NO4Si/c1-19(25)27-16-15-23(26,17-24)18-28-29(22(2,3)4,20-11-7-5-8-12-20)21-13-9-6-10-14-21/h5-14,26H,15-16,18H2,1-4H3. The number of nitriles is 1. The quantitative estimate of drug-likeness (QED) is 0.410. The molecule has 0 saturated heterocycles. The second-order valence-corrected chi connectivity index (χ2v) is 12.5. The molecular weight excluding hydrogens is 382 g/mol. The molecule has 0 aliphatic carbocycles. The van der Waals surface area contributed by atoms with E-state index in [1.807, 2.05) is 42.5 Å². The van der Waals surface area contributed by atoms with Gasteiger partial charge in [-0.15, -0.1) is 0 Å². The van der Waals surface area contributed by atoms with E-state index in [-0.39, 0.29) is 24.7 Å². The molecule has 1 N–H and O–H groups in total. The Morgan fingerprint density at radius 2 is 1.52 bits per heavy atom. The van der Waals surface area contributed by atoms with Gasteiger partial charge in [0.25, 0.3) is 8.32 Å². The van der Waals surface area contributed by atoms with Gasteiger partial charge in [0.15, 0.2) is 5.60 Å². The summed E-state index contributed by atoms with van der Waals surface area (Å²) in [5.74, 6) is -0.446. The van der Waals surface area contributed by atoms with Gasteiger partial charge in [-0.2, -0.15) is 5.26 Å². The summed E-state index contributed by atoms with van der Waals surface area (Å²) in [5, 5.41) is 22.3. The van der Waals surface area contributed by atoms with Crippen molar-refractivity contribution < 1.29 is 19.1 Å². The fourth-order valence-corrected chi connectivity index (χ4v) is 8.12. The van der Waals surface area contributed by atoms with Crippen LogP contribution in [-0.4, -0.2) is 38.2 Å². The monoisotopic (exact) mass is 411 g/mol. The molecule has 5 nitrogen and oxygen atoms in total. The highest BCUT2D eigenvalue weighted by Gasteiger charge is 2.51. The van der Waals surface area contributed by atoms with Crippen LogP contribution < -0.4 is 10.4 Å². The largest absolute Gasteiger partial charge is 0.466 e. The van der Waals surface area contributed by atoms with Crippen molar-refractivity contribution in [2.75, 3.05) is 13.2 Å². The minimum Gasteiger partial charge on any atom is -0.466 e. The molecule has 0 amide bonds. The van der Waals surface area contributed by atoms with Gasteiger partial charge in [0.2, 0.25) is 0 Å². The first-order chi connectivity index (χ1) is 13.6. The predicted octanol–water partition coefficient (Wildman–Crippen LogP) is 2.77. The number of esters is 1. The number of hydrogen-bond donors (Lipinski definition) is 1. The number of carbonyl (C=O) groups excluding carboxylic acids is 1. The van der Waals surface area contributed by atoms with Crippen molar-refractivity contribution in [1.82, 2.24) is 0 Å². The molecule has 0 radical (unpaired) electrons. The van der Waals surface area contributed by atoms with Crippen LogP contribution in [0, 0.1) is 11.3 Å². The molecule has 0 fully saturated rings. The van der Waals surface area contributed by atoms with E-state index in [1.165, 1.54) is 6.92 Å². The molecule has 0 aliphatic heterocycles. The number of benzene rings is 2. The zero-order valence-corrected chi connectivity index (χ0v) is 18.5. The zero-order valence-electron chi connectivity index (χ0n) is 17.5. The average Bonchev–Trinajstić information content (AvgIpc) is 2.69. The van der Waals surface area contributed by atoms with Crippen molar-refractivity contribution in [1.29, 1.82) is 5.26 Å². The van der Waals surface area contributed by atoms with Crippen molar-refractivity contribution in [2.24, 2.45) is 0 Å². The van der Waals surface area contributed by atoms with Crippen LogP contribution >= 0.6 is 0 Å². The highest BCUT2D eigenvalue weighted by Crippen LogP contribution is 2.37. The normalized spacial score (nSPS) is 13.9. The SMILES string of the molecule is CC(=O)OCCC(O)(C#N)CO[Si](c1ccccc1)(c1ccccc1)C(C)(C)C. The maximum absolute atomic E-state index is 11.0. The van der Waals surface area contributed by atoms with Crippen LogP contribution in [-0.2, 0) is 14.0 Å². The molecule has 0 aliphatic rings. The van der Waals surface area contributed by atoms with Gasteiger partial charge in [-0.1, -0.05) is 81.4 Å². The molecule has 1 atom stereocenters. The van der Waals surface area contributed by atoms with Crippen LogP contribution in [0.25, 0.3) is 0 Å². The van der Waals surface area contributed by atoms with E-state index in [4.69, 9.17) is 9.16 Å². The zero-order chi connectivity index (χ0) is 21.5. The first-order valence-electron chi connectivity index (χ1n) is 9.67. The molecule has 2 aromatic rings. The molecular formula is C23H29NO4Si. The van der Waals surface area contributed by atoms with E-state index >= 15 is 0 Å². The summed E-state index contributed by atoms with van der Waals surface area (Å²) in [7, 11) is -2.86. The summed E-state index contributed by atoms with van der Waals surface area (Å²) in [6.45, 7) is 7.47. The minimum absolute atomic E-state index is 0.0126. The maximum atomic E-state index is 11.0. The number of ether oxygens (including phenoxy) is 1. The lowest BCUT2D eigenvalue weighted by atomic mass is 10.0. The Kier molecular flexibility index (Phi) is 7.36. The van der Waals surface area contributed by atoms with Gasteiger partial charge < -0.3 is 14.3 Å². The van der Waals surface area contributed by atoms with Crippen LogP contribution in [0.15, 0.2) is 60.7 Å². The Bertz CT molecular complexity index is 803. The maximum Gasteiger partial charge on any atom is 0.302 e. The van der Waals surface area contributed by atoms with Crippen molar-refractivity contribution in [3.8, 4) is 6.07 Å². The van der Waals surface area contributed by atoms with Crippen LogP contribution in [0.4, 0.5) is 0 Å². The number of carbonyl (C=O) groups is 1. The van der Waals surface area contributed by atoms with Crippen molar-refractivity contribution in [3.05, 3.63) is 60.7 Å². The van der Waals surface area contributed by atoms with E-state index in [2.05, 4.69) is 45.0 Å². The van der Waals surface area contributed by atoms with Crippen LogP contribution in [0.5, 0.6) is 0 Å². The summed E-state index contributed by atoms with van der Waals surface area (Å²) in [6, 6.07) is 22.0. The molecule has 0 aromatic heterocycles. The molecule has 0 heterocycles. The molecule has 29 heavy (non-hydrogen) atoms. The Balaban J connectivity index is 2.46. The summed E-state index contributed by atoms with van der Waals surface area (Å²) >= 11 is 0. The molecule has 0 saturated carbocycles. The highest BCUT2D eigenvalue weighted by atomic mass is 28.4. The van der Waals surface area contributed by atoms with Gasteiger partial charge in [-0.05, 0) is 15.4 Å². The fraction of sp³-hybridized carbons (Fsp3) is 0.391. The minimum atomic E-state index is -2.86. The van der Waals surface area contributed by atoms with E-state index in [0.717, 1.165) is 10.4 Å². The van der Waals surface area contributed by atoms with Crippen molar-refractivity contribution in [3.63, 3.8) is 0 Å². The predicted molar refractivity (Wildman–Crippen MR) is 115 cm³/mol. The van der Waals surface area contributed by atoms with Crippen LogP contribution in [0.2, 0.25) is 5.04 Å². The van der Waals surface area contributed by atoms with E-state index in [1.54, 1.807) is 0 Å². The molecule has 1 unspecified atom stereocenters. The topological polar surface area (TPSA) is 79.5 Å². The smallest absolute Gasteiger partial charge is 0.302 e. The van der Waals surface area contributed by atoms with Crippen LogP contribution in [0.3, 0.4) is 0 Å². The van der Waals surface area contributed by atoms with Gasteiger partial charge in [-0.25, -0.2) is 0 Å². The first kappa shape index (κ1) is 22.8. The Labute approximate surface area is 174 Å². The lowest BCUT2D eigenvalue weighted by molar-refractivity contribution is -0.142. The van der Waals surface area contributed by atoms with E-state index in [0.29, 0.717) is 0 Å². The molecule has 6 heteroatoms. The third-order valence-corrected chi connectivity index (χ3v) is 9.96. The van der Waals surface area contributed by atoms with Gasteiger partial charge >= 0.3 is 5.97 Å². The third-order valence-electron chi connectivity index (χ3n) is 4.97. The number of aliphatic hydroxyl groups is 1. The van der Waals surface area contributed by atoms with Gasteiger partial charge in [0.1, 0.15) is 0 Å². The average molecular weight is 412 g/mol. The van der Waals surface area contributed by atoms with Gasteiger partial charge in [0, 0.05) is 13.3 Å². The first-order valence-corrected chi connectivity index (χ1v) is 11.6. The fourth-order valence-electron chi connectivity index (χ4n) is 3.51. The number of nitrogens with zero attached hydrogens (tertiary/aromatic N) is 1. The summed E-state index contributed by atoms with van der Waals surface area (Å²) in [6.07, 6.45) is -0.0126. The van der Waals surface area contributed by atoms with Crippen LogP contribution in [0.1, 0.15) is 34.1 Å². The summed E-state index contributed by atoms with van der Waals surface area (Å²) in [4.78, 5) is 11.0. The lowest BCUT2D eigenvalue weighted by Crippen LogP contribution is -2.67. The van der Waals surface area contributed by atoms with Crippen molar-refractivity contribution in [2.45, 2.75) is 44.8 Å². The molecule has 2 rings (SSSR count). The highest BCUT2D eigenvalue weighted by molar-refractivity contribution is 6.99. The molecule has 0 spiro atoms. The van der Waals surface area contributed by atoms with Gasteiger partial charge in [-0.3, -0.25) is 4.79 Å². The number of hydrogen-bond acceptors (Lipinski definition) is 5. The second kappa shape index (κ2) is 9.36. The molecule has 0 bridgehead atoms. The molecule has 2 aromatic carbocycles. The van der Waals surface area contributed by atoms with Crippen molar-refractivity contribution >= 4 is 24.7 Å². The Morgan fingerprint density at radius 1 is 1.03 bits per heavy atom. The molecule has 154 valence electrons. The summed E-state index contributed by atoms with van der Waals surface area (Å²) < 4.78 is 11.5.